The molecule has 0 aliphatic heterocycles. The van der Waals surface area contributed by atoms with Gasteiger partial charge in [-0.1, -0.05) is 42.5 Å². The van der Waals surface area contributed by atoms with Crippen molar-refractivity contribution < 1.29 is 9.53 Å². The predicted molar refractivity (Wildman–Crippen MR) is 78.3 cm³/mol. The van der Waals surface area contributed by atoms with Gasteiger partial charge in [0.05, 0.1) is 6.42 Å². The van der Waals surface area contributed by atoms with Gasteiger partial charge in [-0.2, -0.15) is 0 Å². The van der Waals surface area contributed by atoms with E-state index >= 15 is 0 Å². The molecular formula is C16H16O2S. The second-order valence-electron chi connectivity index (χ2n) is 4.39. The normalized spacial score (nSPS) is 11.9. The molecule has 0 aliphatic rings. The molecule has 2 aromatic carbocycles. The van der Waals surface area contributed by atoms with Crippen LogP contribution in [0.2, 0.25) is 0 Å². The molecule has 1 unspecified atom stereocenters. The Morgan fingerprint density at radius 1 is 1.11 bits per heavy atom. The van der Waals surface area contributed by atoms with E-state index in [0.717, 1.165) is 16.0 Å². The SMILES string of the molecule is CC(OC(=O)Cc1ccc(S)cc1)c1ccccc1. The van der Waals surface area contributed by atoms with Gasteiger partial charge in [-0.25, -0.2) is 0 Å². The van der Waals surface area contributed by atoms with E-state index in [4.69, 9.17) is 4.74 Å². The van der Waals surface area contributed by atoms with Gasteiger partial charge in [0, 0.05) is 4.90 Å². The Kier molecular flexibility index (Phi) is 4.63. The maximum Gasteiger partial charge on any atom is 0.310 e. The second-order valence-corrected chi connectivity index (χ2v) is 4.90. The summed E-state index contributed by atoms with van der Waals surface area (Å²) in [5, 5.41) is 0. The van der Waals surface area contributed by atoms with Crippen LogP contribution in [0.1, 0.15) is 24.2 Å². The number of esters is 1. The number of carbonyl (C=O) groups is 1. The second kappa shape index (κ2) is 6.43. The zero-order chi connectivity index (χ0) is 13.7. The van der Waals surface area contributed by atoms with Crippen LogP contribution in [0, 0.1) is 0 Å². The lowest BCUT2D eigenvalue weighted by atomic mass is 10.1. The molecule has 0 heterocycles. The van der Waals surface area contributed by atoms with E-state index in [1.165, 1.54) is 0 Å². The van der Waals surface area contributed by atoms with Gasteiger partial charge >= 0.3 is 5.97 Å². The highest BCUT2D eigenvalue weighted by atomic mass is 32.1. The van der Waals surface area contributed by atoms with E-state index in [0.29, 0.717) is 0 Å². The van der Waals surface area contributed by atoms with Crippen molar-refractivity contribution in [3.05, 3.63) is 65.7 Å². The number of ether oxygens (including phenoxy) is 1. The standard InChI is InChI=1S/C16H16O2S/c1-12(14-5-3-2-4-6-14)18-16(17)11-13-7-9-15(19)10-8-13/h2-10,12,19H,11H2,1H3. The molecule has 3 heteroatoms. The highest BCUT2D eigenvalue weighted by molar-refractivity contribution is 7.80. The molecule has 0 aliphatic carbocycles. The molecule has 0 amide bonds. The first-order valence-electron chi connectivity index (χ1n) is 6.17. The average molecular weight is 272 g/mol. The van der Waals surface area contributed by atoms with E-state index in [1.54, 1.807) is 0 Å². The van der Waals surface area contributed by atoms with Crippen molar-refractivity contribution in [1.82, 2.24) is 0 Å². The number of benzene rings is 2. The Hall–Kier alpha value is -1.74. The van der Waals surface area contributed by atoms with Crippen molar-refractivity contribution in [1.29, 1.82) is 0 Å². The van der Waals surface area contributed by atoms with Gasteiger partial charge in [0.2, 0.25) is 0 Å². The van der Waals surface area contributed by atoms with Gasteiger partial charge in [0.15, 0.2) is 0 Å². The van der Waals surface area contributed by atoms with Crippen LogP contribution in [0.3, 0.4) is 0 Å². The Morgan fingerprint density at radius 2 is 1.74 bits per heavy atom. The van der Waals surface area contributed by atoms with Crippen LogP contribution in [0.15, 0.2) is 59.5 Å². The molecule has 2 nitrogen and oxygen atoms in total. The lowest BCUT2D eigenvalue weighted by molar-refractivity contribution is -0.147. The maximum absolute atomic E-state index is 11.8. The van der Waals surface area contributed by atoms with Crippen molar-refractivity contribution >= 4 is 18.6 Å². The molecule has 2 aromatic rings. The van der Waals surface area contributed by atoms with Gasteiger partial charge in [-0.3, -0.25) is 4.79 Å². The smallest absolute Gasteiger partial charge is 0.310 e. The van der Waals surface area contributed by atoms with E-state index in [9.17, 15) is 4.79 Å². The summed E-state index contributed by atoms with van der Waals surface area (Å²) < 4.78 is 5.41. The van der Waals surface area contributed by atoms with Gasteiger partial charge in [0.1, 0.15) is 6.10 Å². The summed E-state index contributed by atoms with van der Waals surface area (Å²) >= 11 is 4.21. The molecule has 0 spiro atoms. The Balaban J connectivity index is 1.93. The molecule has 0 saturated heterocycles. The highest BCUT2D eigenvalue weighted by Crippen LogP contribution is 2.17. The number of hydrogen-bond donors (Lipinski definition) is 1. The molecule has 0 bridgehead atoms. The lowest BCUT2D eigenvalue weighted by Crippen LogP contribution is -2.11. The van der Waals surface area contributed by atoms with Crippen molar-refractivity contribution in [2.75, 3.05) is 0 Å². The summed E-state index contributed by atoms with van der Waals surface area (Å²) in [5.74, 6) is -0.219. The average Bonchev–Trinajstić information content (AvgIpc) is 2.42. The van der Waals surface area contributed by atoms with Crippen LogP contribution in [-0.4, -0.2) is 5.97 Å². The minimum atomic E-state index is -0.224. The molecule has 98 valence electrons. The third-order valence-corrected chi connectivity index (χ3v) is 3.16. The van der Waals surface area contributed by atoms with Gasteiger partial charge in [0.25, 0.3) is 0 Å². The Labute approximate surface area is 118 Å². The lowest BCUT2D eigenvalue weighted by Gasteiger charge is -2.13. The van der Waals surface area contributed by atoms with Crippen LogP contribution in [0.5, 0.6) is 0 Å². The topological polar surface area (TPSA) is 26.3 Å². The maximum atomic E-state index is 11.8. The largest absolute Gasteiger partial charge is 0.458 e. The molecule has 1 atom stereocenters. The number of hydrogen-bond acceptors (Lipinski definition) is 3. The molecule has 0 radical (unpaired) electrons. The van der Waals surface area contributed by atoms with Gasteiger partial charge in [-0.05, 0) is 30.2 Å². The van der Waals surface area contributed by atoms with Crippen molar-refractivity contribution in [2.24, 2.45) is 0 Å². The van der Waals surface area contributed by atoms with Gasteiger partial charge in [-0.15, -0.1) is 12.6 Å². The van der Waals surface area contributed by atoms with Crippen molar-refractivity contribution in [3.63, 3.8) is 0 Å². The van der Waals surface area contributed by atoms with Crippen LogP contribution >= 0.6 is 12.6 Å². The minimum absolute atomic E-state index is 0.219. The summed E-state index contributed by atoms with van der Waals surface area (Å²) in [6.07, 6.45) is 0.0588. The Bertz CT molecular complexity index is 534. The summed E-state index contributed by atoms with van der Waals surface area (Å²) in [6.45, 7) is 1.88. The summed E-state index contributed by atoms with van der Waals surface area (Å²) in [4.78, 5) is 12.7. The fourth-order valence-corrected chi connectivity index (χ4v) is 1.96. The van der Waals surface area contributed by atoms with Crippen molar-refractivity contribution in [2.45, 2.75) is 24.3 Å². The predicted octanol–water partition coefficient (Wildman–Crippen LogP) is 3.82. The van der Waals surface area contributed by atoms with E-state index in [-0.39, 0.29) is 18.5 Å². The third-order valence-electron chi connectivity index (χ3n) is 2.86. The Morgan fingerprint density at radius 3 is 2.37 bits per heavy atom. The van der Waals surface area contributed by atoms with Crippen LogP contribution in [0.25, 0.3) is 0 Å². The first kappa shape index (κ1) is 13.7. The summed E-state index contributed by atoms with van der Waals surface area (Å²) in [6, 6.07) is 17.2. The first-order chi connectivity index (χ1) is 9.15. The third kappa shape index (κ3) is 4.14. The first-order valence-corrected chi connectivity index (χ1v) is 6.62. The number of carbonyl (C=O) groups excluding carboxylic acids is 1. The summed E-state index contributed by atoms with van der Waals surface area (Å²) in [7, 11) is 0. The molecular weight excluding hydrogens is 256 g/mol. The fraction of sp³-hybridized carbons (Fsp3) is 0.188. The molecule has 0 saturated carbocycles. The molecule has 2 rings (SSSR count). The number of rotatable bonds is 4. The molecule has 0 aromatic heterocycles. The monoisotopic (exact) mass is 272 g/mol. The zero-order valence-corrected chi connectivity index (χ0v) is 11.6. The fourth-order valence-electron chi connectivity index (χ4n) is 1.81. The van der Waals surface area contributed by atoms with Crippen LogP contribution in [-0.2, 0) is 16.0 Å². The van der Waals surface area contributed by atoms with E-state index < -0.39 is 0 Å². The minimum Gasteiger partial charge on any atom is -0.458 e. The number of thiol groups is 1. The molecule has 0 N–H and O–H groups in total. The molecule has 19 heavy (non-hydrogen) atoms. The zero-order valence-electron chi connectivity index (χ0n) is 10.7. The van der Waals surface area contributed by atoms with E-state index in [1.807, 2.05) is 61.5 Å². The van der Waals surface area contributed by atoms with Gasteiger partial charge < -0.3 is 4.74 Å². The van der Waals surface area contributed by atoms with Crippen LogP contribution < -0.4 is 0 Å². The molecule has 0 fully saturated rings. The van der Waals surface area contributed by atoms with E-state index in [2.05, 4.69) is 12.6 Å². The quantitative estimate of drug-likeness (QED) is 0.676. The highest BCUT2D eigenvalue weighted by Gasteiger charge is 2.11. The summed E-state index contributed by atoms with van der Waals surface area (Å²) in [5.41, 5.74) is 1.93. The van der Waals surface area contributed by atoms with Crippen LogP contribution in [0.4, 0.5) is 0 Å². The van der Waals surface area contributed by atoms with Crippen molar-refractivity contribution in [3.8, 4) is 0 Å².